The summed E-state index contributed by atoms with van der Waals surface area (Å²) >= 11 is 5.73. The van der Waals surface area contributed by atoms with E-state index in [1.807, 2.05) is 0 Å². The number of rotatable bonds is 3. The van der Waals surface area contributed by atoms with Crippen LogP contribution in [0, 0.1) is 0 Å². The molecule has 0 atom stereocenters. The zero-order valence-electron chi connectivity index (χ0n) is 7.67. The van der Waals surface area contributed by atoms with E-state index in [9.17, 15) is 9.90 Å². The van der Waals surface area contributed by atoms with Gasteiger partial charge in [-0.1, -0.05) is 11.6 Å². The Hall–Kier alpha value is -1.26. The van der Waals surface area contributed by atoms with Crippen LogP contribution in [-0.4, -0.2) is 11.0 Å². The Kier molecular flexibility index (Phi) is 3.73. The van der Waals surface area contributed by atoms with Gasteiger partial charge in [0.1, 0.15) is 5.75 Å². The van der Waals surface area contributed by atoms with Crippen molar-refractivity contribution in [1.29, 1.82) is 0 Å². The highest BCUT2D eigenvalue weighted by Gasteiger charge is 2.01. The van der Waals surface area contributed by atoms with E-state index >= 15 is 0 Å². The first-order valence-corrected chi connectivity index (χ1v) is 4.44. The molecule has 14 heavy (non-hydrogen) atoms. The van der Waals surface area contributed by atoms with Crippen LogP contribution in [0.5, 0.6) is 5.75 Å². The summed E-state index contributed by atoms with van der Waals surface area (Å²) in [5.41, 5.74) is 5.68. The van der Waals surface area contributed by atoms with E-state index in [0.717, 1.165) is 0 Å². The topological polar surface area (TPSA) is 61.4 Å². The monoisotopic (exact) mass is 214 g/mol. The summed E-state index contributed by atoms with van der Waals surface area (Å²) in [7, 11) is 0. The molecule has 0 fully saturated rings. The van der Waals surface area contributed by atoms with Crippen molar-refractivity contribution in [2.45, 2.75) is 13.5 Å². The van der Waals surface area contributed by atoms with Gasteiger partial charge >= 0.3 is 0 Å². The third-order valence-electron chi connectivity index (χ3n) is 1.58. The summed E-state index contributed by atoms with van der Waals surface area (Å²) in [5, 5.41) is 9.93. The Labute approximate surface area is 86.9 Å². The fraction of sp³-hybridized carbons (Fsp3) is 0.222. The van der Waals surface area contributed by atoms with Crippen LogP contribution in [0.25, 0.3) is 0 Å². The SMILES string of the molecule is CC(=O)NNCc1cc(Cl)ccc1O. The number of halogens is 1. The number of phenols is 1. The Morgan fingerprint density at radius 1 is 1.57 bits per heavy atom. The molecule has 5 heteroatoms. The second-order valence-corrected chi connectivity index (χ2v) is 3.24. The highest BCUT2D eigenvalue weighted by Crippen LogP contribution is 2.20. The van der Waals surface area contributed by atoms with E-state index in [2.05, 4.69) is 10.9 Å². The number of benzene rings is 1. The molecule has 0 aliphatic rings. The zero-order valence-corrected chi connectivity index (χ0v) is 8.43. The quantitative estimate of drug-likeness (QED) is 0.663. The third-order valence-corrected chi connectivity index (χ3v) is 1.82. The first-order valence-electron chi connectivity index (χ1n) is 4.06. The van der Waals surface area contributed by atoms with Crippen LogP contribution in [0.4, 0.5) is 0 Å². The molecule has 3 N–H and O–H groups in total. The molecular formula is C9H11ClN2O2. The summed E-state index contributed by atoms with van der Waals surface area (Å²) in [6.07, 6.45) is 0. The summed E-state index contributed by atoms with van der Waals surface area (Å²) in [5.74, 6) is -0.0428. The molecule has 0 spiro atoms. The van der Waals surface area contributed by atoms with Crippen molar-refractivity contribution in [2.75, 3.05) is 0 Å². The van der Waals surface area contributed by atoms with Gasteiger partial charge in [-0.15, -0.1) is 0 Å². The largest absolute Gasteiger partial charge is 0.508 e. The predicted molar refractivity (Wildman–Crippen MR) is 53.8 cm³/mol. The molecule has 0 aliphatic carbocycles. The fourth-order valence-corrected chi connectivity index (χ4v) is 1.15. The van der Waals surface area contributed by atoms with Gasteiger partial charge in [0.25, 0.3) is 0 Å². The van der Waals surface area contributed by atoms with Crippen molar-refractivity contribution in [3.05, 3.63) is 28.8 Å². The zero-order chi connectivity index (χ0) is 10.6. The number of aromatic hydroxyl groups is 1. The Morgan fingerprint density at radius 3 is 2.93 bits per heavy atom. The van der Waals surface area contributed by atoms with Crippen LogP contribution in [0.2, 0.25) is 5.02 Å². The first-order chi connectivity index (χ1) is 6.59. The number of hydrogen-bond donors (Lipinski definition) is 3. The van der Waals surface area contributed by atoms with Crippen LogP contribution in [0.1, 0.15) is 12.5 Å². The molecule has 4 nitrogen and oxygen atoms in total. The average molecular weight is 215 g/mol. The van der Waals surface area contributed by atoms with E-state index in [4.69, 9.17) is 11.6 Å². The van der Waals surface area contributed by atoms with Crippen molar-refractivity contribution in [2.24, 2.45) is 0 Å². The lowest BCUT2D eigenvalue weighted by Gasteiger charge is -2.07. The minimum Gasteiger partial charge on any atom is -0.508 e. The van der Waals surface area contributed by atoms with Crippen molar-refractivity contribution in [3.63, 3.8) is 0 Å². The summed E-state index contributed by atoms with van der Waals surface area (Å²) in [6.45, 7) is 1.72. The highest BCUT2D eigenvalue weighted by atomic mass is 35.5. The minimum atomic E-state index is -0.188. The molecule has 1 rings (SSSR count). The predicted octanol–water partition coefficient (Wildman–Crippen LogP) is 1.19. The van der Waals surface area contributed by atoms with Crippen LogP contribution in [0.15, 0.2) is 18.2 Å². The number of carbonyl (C=O) groups is 1. The van der Waals surface area contributed by atoms with Gasteiger partial charge in [-0.2, -0.15) is 0 Å². The third kappa shape index (κ3) is 3.24. The van der Waals surface area contributed by atoms with Crippen LogP contribution >= 0.6 is 11.6 Å². The number of amides is 1. The molecule has 1 aromatic carbocycles. The van der Waals surface area contributed by atoms with Gasteiger partial charge in [-0.25, -0.2) is 5.43 Å². The number of phenolic OH excluding ortho intramolecular Hbond substituents is 1. The molecule has 0 saturated carbocycles. The van der Waals surface area contributed by atoms with Crippen LogP contribution in [-0.2, 0) is 11.3 Å². The first kappa shape index (κ1) is 10.8. The minimum absolute atomic E-state index is 0.146. The molecular weight excluding hydrogens is 204 g/mol. The summed E-state index contributed by atoms with van der Waals surface area (Å²) in [6, 6.07) is 4.73. The number of hydrogen-bond acceptors (Lipinski definition) is 3. The molecule has 1 aromatic rings. The van der Waals surface area contributed by atoms with Gasteiger partial charge in [0, 0.05) is 24.1 Å². The van der Waals surface area contributed by atoms with Crippen molar-refractivity contribution in [3.8, 4) is 5.75 Å². The maximum Gasteiger partial charge on any atom is 0.230 e. The van der Waals surface area contributed by atoms with Crippen LogP contribution < -0.4 is 10.9 Å². The molecule has 0 unspecified atom stereocenters. The van der Waals surface area contributed by atoms with Gasteiger partial charge in [0.15, 0.2) is 0 Å². The Morgan fingerprint density at radius 2 is 2.29 bits per heavy atom. The van der Waals surface area contributed by atoms with E-state index in [1.54, 1.807) is 12.1 Å². The molecule has 0 heterocycles. The second kappa shape index (κ2) is 4.83. The number of hydrazine groups is 1. The lowest BCUT2D eigenvalue weighted by molar-refractivity contribution is -0.119. The van der Waals surface area contributed by atoms with E-state index in [-0.39, 0.29) is 11.7 Å². The smallest absolute Gasteiger partial charge is 0.230 e. The standard InChI is InChI=1S/C9H11ClN2O2/c1-6(13)12-11-5-7-4-8(10)2-3-9(7)14/h2-4,11,14H,5H2,1H3,(H,12,13). The molecule has 0 aliphatic heterocycles. The molecule has 0 aromatic heterocycles. The van der Waals surface area contributed by atoms with Crippen molar-refractivity contribution < 1.29 is 9.90 Å². The van der Waals surface area contributed by atoms with Crippen molar-refractivity contribution in [1.82, 2.24) is 10.9 Å². The molecule has 76 valence electrons. The normalized spacial score (nSPS) is 9.86. The number of nitrogens with one attached hydrogen (secondary N) is 2. The van der Waals surface area contributed by atoms with Gasteiger partial charge in [0.05, 0.1) is 0 Å². The number of carbonyl (C=O) groups excluding carboxylic acids is 1. The molecule has 0 bridgehead atoms. The van der Waals surface area contributed by atoms with E-state index in [0.29, 0.717) is 17.1 Å². The molecule has 1 amide bonds. The lowest BCUT2D eigenvalue weighted by atomic mass is 10.2. The highest BCUT2D eigenvalue weighted by molar-refractivity contribution is 6.30. The average Bonchev–Trinajstić information content (AvgIpc) is 2.10. The summed E-state index contributed by atoms with van der Waals surface area (Å²) in [4.78, 5) is 10.5. The Balaban J connectivity index is 2.57. The van der Waals surface area contributed by atoms with Crippen LogP contribution in [0.3, 0.4) is 0 Å². The van der Waals surface area contributed by atoms with Gasteiger partial charge in [0.2, 0.25) is 5.91 Å². The second-order valence-electron chi connectivity index (χ2n) is 2.81. The fourth-order valence-electron chi connectivity index (χ4n) is 0.960. The van der Waals surface area contributed by atoms with Gasteiger partial charge in [-0.3, -0.25) is 10.2 Å². The van der Waals surface area contributed by atoms with Gasteiger partial charge < -0.3 is 5.11 Å². The lowest BCUT2D eigenvalue weighted by Crippen LogP contribution is -2.34. The molecule has 0 saturated heterocycles. The maximum absolute atomic E-state index is 10.5. The summed E-state index contributed by atoms with van der Waals surface area (Å²) < 4.78 is 0. The van der Waals surface area contributed by atoms with Crippen molar-refractivity contribution >= 4 is 17.5 Å². The maximum atomic E-state index is 10.5. The van der Waals surface area contributed by atoms with E-state index < -0.39 is 0 Å². The Bertz CT molecular complexity index is 342. The van der Waals surface area contributed by atoms with E-state index in [1.165, 1.54) is 13.0 Å². The van der Waals surface area contributed by atoms with Gasteiger partial charge in [-0.05, 0) is 18.2 Å². The molecule has 0 radical (unpaired) electrons.